The van der Waals surface area contributed by atoms with Crippen LogP contribution in [-0.4, -0.2) is 24.5 Å². The average Bonchev–Trinajstić information content (AvgIpc) is 2.66. The molecule has 0 saturated carbocycles. The first-order valence-electron chi connectivity index (χ1n) is 8.46. The van der Waals surface area contributed by atoms with Crippen molar-refractivity contribution in [1.82, 2.24) is 5.32 Å². The fourth-order valence-electron chi connectivity index (χ4n) is 2.59. The lowest BCUT2D eigenvalue weighted by Gasteiger charge is -2.26. The Morgan fingerprint density at radius 1 is 1.00 bits per heavy atom. The molecule has 2 aromatic carbocycles. The molecule has 0 aromatic heterocycles. The van der Waals surface area contributed by atoms with Gasteiger partial charge < -0.3 is 4.74 Å². The van der Waals surface area contributed by atoms with Gasteiger partial charge in [0.25, 0.3) is 11.8 Å². The van der Waals surface area contributed by atoms with E-state index in [1.807, 2.05) is 37.3 Å². The quantitative estimate of drug-likeness (QED) is 0.654. The molecular weight excluding hydrogens is 344 g/mol. The lowest BCUT2D eigenvalue weighted by Crippen LogP contribution is -2.54. The Morgan fingerprint density at radius 2 is 1.70 bits per heavy atom. The van der Waals surface area contributed by atoms with Crippen LogP contribution in [0, 0.1) is 0 Å². The molecule has 1 fully saturated rings. The Morgan fingerprint density at radius 3 is 2.37 bits per heavy atom. The summed E-state index contributed by atoms with van der Waals surface area (Å²) in [5.74, 6) is -0.765. The van der Waals surface area contributed by atoms with Crippen molar-refractivity contribution < 1.29 is 19.1 Å². The maximum Gasteiger partial charge on any atom is 0.335 e. The number of anilines is 1. The second-order valence-electron chi connectivity index (χ2n) is 5.68. The zero-order chi connectivity index (χ0) is 19.2. The van der Waals surface area contributed by atoms with Gasteiger partial charge in [0.05, 0.1) is 12.3 Å². The van der Waals surface area contributed by atoms with Crippen molar-refractivity contribution >= 4 is 29.6 Å². The largest absolute Gasteiger partial charge is 0.494 e. The molecule has 6 heteroatoms. The molecule has 0 aliphatic carbocycles. The van der Waals surface area contributed by atoms with E-state index in [1.165, 1.54) is 6.08 Å². The number of amides is 4. The lowest BCUT2D eigenvalue weighted by atomic mass is 10.1. The van der Waals surface area contributed by atoms with Crippen LogP contribution in [0.5, 0.6) is 5.75 Å². The van der Waals surface area contributed by atoms with Crippen molar-refractivity contribution in [3.63, 3.8) is 0 Å². The summed E-state index contributed by atoms with van der Waals surface area (Å²) in [4.78, 5) is 37.9. The Kier molecular flexibility index (Phi) is 5.47. The number of carbonyl (C=O) groups excluding carboxylic acids is 3. The van der Waals surface area contributed by atoms with Crippen molar-refractivity contribution in [2.24, 2.45) is 0 Å². The second kappa shape index (κ2) is 8.14. The van der Waals surface area contributed by atoms with Crippen LogP contribution in [0.1, 0.15) is 12.5 Å². The van der Waals surface area contributed by atoms with Crippen LogP contribution in [0.15, 0.2) is 72.3 Å². The predicted molar refractivity (Wildman–Crippen MR) is 102 cm³/mol. The first-order chi connectivity index (χ1) is 13.1. The molecule has 1 aliphatic heterocycles. The highest BCUT2D eigenvalue weighted by Crippen LogP contribution is 2.23. The third kappa shape index (κ3) is 4.12. The third-order valence-electron chi connectivity index (χ3n) is 3.86. The standard InChI is InChI=1S/C21H18N2O4/c1-2-27-17-13-11-16(12-14-17)23-20(25)18(19(24)22-21(23)26)10-6-9-15-7-4-3-5-8-15/h3-14H,2H2,1H3,(H,22,24,26)/b9-6+,18-10-. The number of benzene rings is 2. The van der Waals surface area contributed by atoms with Crippen LogP contribution in [0.4, 0.5) is 10.5 Å². The molecule has 0 bridgehead atoms. The van der Waals surface area contributed by atoms with E-state index in [9.17, 15) is 14.4 Å². The third-order valence-corrected chi connectivity index (χ3v) is 3.86. The summed E-state index contributed by atoms with van der Waals surface area (Å²) >= 11 is 0. The monoisotopic (exact) mass is 362 g/mol. The van der Waals surface area contributed by atoms with Gasteiger partial charge in [-0.05, 0) is 42.8 Å². The van der Waals surface area contributed by atoms with Crippen molar-refractivity contribution in [2.45, 2.75) is 6.92 Å². The number of urea groups is 1. The van der Waals surface area contributed by atoms with Gasteiger partial charge in [0.15, 0.2) is 0 Å². The number of hydrogen-bond acceptors (Lipinski definition) is 4. The van der Waals surface area contributed by atoms with Crippen molar-refractivity contribution in [3.8, 4) is 5.75 Å². The van der Waals surface area contributed by atoms with Gasteiger partial charge in [-0.15, -0.1) is 0 Å². The molecule has 4 amide bonds. The van der Waals surface area contributed by atoms with Gasteiger partial charge in [0.1, 0.15) is 11.3 Å². The number of nitrogens with one attached hydrogen (secondary N) is 1. The molecule has 1 N–H and O–H groups in total. The number of barbiturate groups is 1. The Labute approximate surface area is 156 Å². The minimum atomic E-state index is -0.779. The zero-order valence-corrected chi connectivity index (χ0v) is 14.7. The van der Waals surface area contributed by atoms with Crippen LogP contribution in [0.25, 0.3) is 6.08 Å². The van der Waals surface area contributed by atoms with Crippen molar-refractivity contribution in [3.05, 3.63) is 77.9 Å². The second-order valence-corrected chi connectivity index (χ2v) is 5.68. The fraction of sp³-hybridized carbons (Fsp3) is 0.0952. The summed E-state index contributed by atoms with van der Waals surface area (Å²) in [6.45, 7) is 2.37. The molecule has 1 saturated heterocycles. The molecular formula is C21H18N2O4. The Bertz CT molecular complexity index is 915. The van der Waals surface area contributed by atoms with Gasteiger partial charge in [-0.1, -0.05) is 42.5 Å². The highest BCUT2D eigenvalue weighted by Gasteiger charge is 2.36. The normalized spacial score (nSPS) is 16.1. The Hall–Kier alpha value is -3.67. The smallest absolute Gasteiger partial charge is 0.335 e. The van der Waals surface area contributed by atoms with E-state index in [1.54, 1.807) is 36.4 Å². The van der Waals surface area contributed by atoms with Gasteiger partial charge in [0, 0.05) is 0 Å². The van der Waals surface area contributed by atoms with E-state index in [0.29, 0.717) is 18.0 Å². The summed E-state index contributed by atoms with van der Waals surface area (Å²) in [7, 11) is 0. The molecule has 3 rings (SSSR count). The van der Waals surface area contributed by atoms with Crippen molar-refractivity contribution in [1.29, 1.82) is 0 Å². The van der Waals surface area contributed by atoms with Gasteiger partial charge in [-0.3, -0.25) is 14.9 Å². The summed E-state index contributed by atoms with van der Waals surface area (Å²) in [5, 5.41) is 2.19. The maximum absolute atomic E-state index is 12.7. The molecule has 27 heavy (non-hydrogen) atoms. The molecule has 0 atom stereocenters. The summed E-state index contributed by atoms with van der Waals surface area (Å²) < 4.78 is 5.36. The fourth-order valence-corrected chi connectivity index (χ4v) is 2.59. The number of ether oxygens (including phenoxy) is 1. The molecule has 0 unspecified atom stereocenters. The van der Waals surface area contributed by atoms with E-state index in [0.717, 1.165) is 10.5 Å². The lowest BCUT2D eigenvalue weighted by molar-refractivity contribution is -0.122. The van der Waals surface area contributed by atoms with E-state index in [-0.39, 0.29) is 5.57 Å². The van der Waals surface area contributed by atoms with E-state index in [2.05, 4.69) is 5.32 Å². The summed E-state index contributed by atoms with van der Waals surface area (Å²) in [6, 6.07) is 15.2. The Balaban J connectivity index is 1.85. The molecule has 0 spiro atoms. The number of hydrogen-bond donors (Lipinski definition) is 1. The molecule has 1 aliphatic rings. The minimum Gasteiger partial charge on any atom is -0.494 e. The van der Waals surface area contributed by atoms with E-state index in [4.69, 9.17) is 4.74 Å². The molecule has 6 nitrogen and oxygen atoms in total. The number of allylic oxidation sites excluding steroid dienone is 2. The van der Waals surface area contributed by atoms with Crippen LogP contribution in [0.2, 0.25) is 0 Å². The number of rotatable bonds is 5. The van der Waals surface area contributed by atoms with Gasteiger partial charge in [-0.25, -0.2) is 9.69 Å². The SMILES string of the molecule is CCOc1ccc(N2C(=O)NC(=O)/C(=C/C=C/c3ccccc3)C2=O)cc1. The number of carbonyl (C=O) groups is 3. The van der Waals surface area contributed by atoms with E-state index >= 15 is 0 Å². The van der Waals surface area contributed by atoms with Crippen LogP contribution < -0.4 is 15.0 Å². The first-order valence-corrected chi connectivity index (χ1v) is 8.46. The maximum atomic E-state index is 12.7. The summed E-state index contributed by atoms with van der Waals surface area (Å²) in [6.07, 6.45) is 4.78. The topological polar surface area (TPSA) is 75.7 Å². The molecule has 136 valence electrons. The van der Waals surface area contributed by atoms with Crippen LogP contribution >= 0.6 is 0 Å². The zero-order valence-electron chi connectivity index (χ0n) is 14.7. The minimum absolute atomic E-state index is 0.115. The van der Waals surface area contributed by atoms with Gasteiger partial charge in [0.2, 0.25) is 0 Å². The van der Waals surface area contributed by atoms with E-state index < -0.39 is 17.8 Å². The van der Waals surface area contributed by atoms with Crippen LogP contribution in [0.3, 0.4) is 0 Å². The first kappa shape index (κ1) is 18.1. The molecule has 2 aromatic rings. The summed E-state index contributed by atoms with van der Waals surface area (Å²) in [5.41, 5.74) is 1.17. The van der Waals surface area contributed by atoms with Gasteiger partial charge >= 0.3 is 6.03 Å². The van der Waals surface area contributed by atoms with Gasteiger partial charge in [-0.2, -0.15) is 0 Å². The molecule has 1 heterocycles. The van der Waals surface area contributed by atoms with Crippen LogP contribution in [-0.2, 0) is 9.59 Å². The van der Waals surface area contributed by atoms with Crippen molar-refractivity contribution in [2.75, 3.05) is 11.5 Å². The highest BCUT2D eigenvalue weighted by molar-refractivity contribution is 6.37. The molecule has 0 radical (unpaired) electrons. The highest BCUT2D eigenvalue weighted by atomic mass is 16.5. The predicted octanol–water partition coefficient (Wildman–Crippen LogP) is 3.31. The average molecular weight is 362 g/mol. The number of imide groups is 2. The number of nitrogens with zero attached hydrogens (tertiary/aromatic N) is 1.